The zero-order valence-electron chi connectivity index (χ0n) is 42.4. The number of likely N-dealkylation sites (tertiary alicyclic amines) is 2. The maximum absolute atomic E-state index is 13.6. The van der Waals surface area contributed by atoms with E-state index in [1.54, 1.807) is 38.1 Å². The van der Waals surface area contributed by atoms with Crippen LogP contribution in [0.15, 0.2) is 36.9 Å². The first kappa shape index (κ1) is 55.7. The van der Waals surface area contributed by atoms with Crippen LogP contribution in [0.3, 0.4) is 0 Å². The summed E-state index contributed by atoms with van der Waals surface area (Å²) in [4.78, 5) is 124. The molecular formula is C50H71N11O12. The van der Waals surface area contributed by atoms with E-state index in [1.165, 1.54) is 29.4 Å². The number of rotatable bonds is 24. The standard InChI is InChI=1S/C50H71N11O12/c1-7-10-13-30(9-3)32(12-8-2)33-22-37(64)61(49(33)70)21-19-36(63)57-38(27(4)5)47(69)55-28(6)45(67)56-31-17-15-29(16-18-31)24-72-50(71)60-20-11-14-34(60)46(68)58-39-35(23-62)73-48(42(66)41(39)65)59-44-40-43(52-25-51-40)53-26-54-44/h15-18,25-28,30,32-35,38-39,41,48,62,65H,7-14,19-24H2,1-6H3,(H,55,69)(H,56,67)(H,57,63)(H,58,68)(H2,51,52,53,54,59)/t28-,30?,32?,33?,34+,35-,38-,39-,41+,48-/m0/s1. The number of ketones is 1. The molecule has 3 aliphatic heterocycles. The van der Waals surface area contributed by atoms with Crippen LogP contribution >= 0.6 is 0 Å². The van der Waals surface area contributed by atoms with Crippen molar-refractivity contribution >= 4 is 70.0 Å². The zero-order chi connectivity index (χ0) is 52.9. The van der Waals surface area contributed by atoms with Gasteiger partial charge in [-0.2, -0.15) is 0 Å². The van der Waals surface area contributed by atoms with Crippen LogP contribution in [-0.4, -0.2) is 150 Å². The first-order chi connectivity index (χ1) is 35.0. The van der Waals surface area contributed by atoms with Crippen molar-refractivity contribution in [2.45, 2.75) is 155 Å². The van der Waals surface area contributed by atoms with E-state index in [4.69, 9.17) is 9.47 Å². The van der Waals surface area contributed by atoms with Crippen molar-refractivity contribution in [3.63, 3.8) is 0 Å². The molecule has 0 spiro atoms. The molecule has 6 rings (SSSR count). The summed E-state index contributed by atoms with van der Waals surface area (Å²) in [7, 11) is 0. The van der Waals surface area contributed by atoms with Crippen molar-refractivity contribution in [1.29, 1.82) is 0 Å². The largest absolute Gasteiger partial charge is 0.445 e. The molecule has 3 aromatic rings. The number of aromatic nitrogens is 4. The van der Waals surface area contributed by atoms with Gasteiger partial charge in [-0.25, -0.2) is 19.7 Å². The van der Waals surface area contributed by atoms with Crippen molar-refractivity contribution in [3.8, 4) is 0 Å². The van der Waals surface area contributed by atoms with E-state index in [9.17, 15) is 48.6 Å². The highest BCUT2D eigenvalue weighted by Crippen LogP contribution is 2.38. The molecule has 3 saturated heterocycles. The number of benzene rings is 1. The lowest BCUT2D eigenvalue weighted by Crippen LogP contribution is -2.65. The topological polar surface area (TPSA) is 317 Å². The number of carbonyl (C=O) groups is 8. The van der Waals surface area contributed by atoms with Crippen LogP contribution in [0, 0.1) is 23.7 Å². The fourth-order valence-electron chi connectivity index (χ4n) is 9.90. The minimum atomic E-state index is -1.79. The lowest BCUT2D eigenvalue weighted by atomic mass is 9.74. The van der Waals surface area contributed by atoms with E-state index in [-0.39, 0.29) is 68.4 Å². The monoisotopic (exact) mass is 1020 g/mol. The number of fused-ring (bicyclic) bond motifs is 1. The summed E-state index contributed by atoms with van der Waals surface area (Å²) < 4.78 is 11.3. The van der Waals surface area contributed by atoms with Crippen LogP contribution in [-0.2, 0) is 49.6 Å². The quantitative estimate of drug-likeness (QED) is 0.0598. The van der Waals surface area contributed by atoms with Gasteiger partial charge in [0.05, 0.1) is 24.9 Å². The summed E-state index contributed by atoms with van der Waals surface area (Å²) in [6.45, 7) is 10.6. The summed E-state index contributed by atoms with van der Waals surface area (Å²) in [5.41, 5.74) is 1.64. The molecule has 8 N–H and O–H groups in total. The van der Waals surface area contributed by atoms with Gasteiger partial charge >= 0.3 is 6.09 Å². The Morgan fingerprint density at radius 2 is 1.71 bits per heavy atom. The molecule has 10 atom stereocenters. The molecule has 2 aromatic heterocycles. The van der Waals surface area contributed by atoms with Crippen LogP contribution in [0.5, 0.6) is 0 Å². The Bertz CT molecular complexity index is 2430. The van der Waals surface area contributed by atoms with Crippen molar-refractivity contribution in [3.05, 3.63) is 42.5 Å². The first-order valence-electron chi connectivity index (χ1n) is 25.5. The molecule has 0 aliphatic carbocycles. The molecular weight excluding hydrogens is 947 g/mol. The van der Waals surface area contributed by atoms with Gasteiger partial charge in [-0.1, -0.05) is 78.9 Å². The maximum Gasteiger partial charge on any atom is 0.410 e. The van der Waals surface area contributed by atoms with Gasteiger partial charge in [0.15, 0.2) is 17.7 Å². The number of hydrogen-bond donors (Lipinski definition) is 8. The van der Waals surface area contributed by atoms with Gasteiger partial charge in [0.25, 0.3) is 0 Å². The number of imidazole rings is 1. The molecule has 3 aliphatic rings. The highest BCUT2D eigenvalue weighted by molar-refractivity contribution is 6.04. The Morgan fingerprint density at radius 3 is 2.40 bits per heavy atom. The maximum atomic E-state index is 13.6. The summed E-state index contributed by atoms with van der Waals surface area (Å²) in [5.74, 6) is -3.78. The second kappa shape index (κ2) is 25.9. The number of aliphatic hydroxyl groups excluding tert-OH is 2. The zero-order valence-corrected chi connectivity index (χ0v) is 42.4. The van der Waals surface area contributed by atoms with E-state index in [0.717, 1.165) is 38.5 Å². The third kappa shape index (κ3) is 13.7. The number of Topliss-reactive ketones (excluding diaryl/α,β-unsaturated/α-hetero) is 1. The lowest BCUT2D eigenvalue weighted by Gasteiger charge is -2.39. The van der Waals surface area contributed by atoms with Gasteiger partial charge in [0.2, 0.25) is 41.2 Å². The number of hydrogen-bond acceptors (Lipinski definition) is 16. The van der Waals surface area contributed by atoms with Crippen molar-refractivity contribution < 1.29 is 58.0 Å². The van der Waals surface area contributed by atoms with Gasteiger partial charge in [-0.3, -0.25) is 43.4 Å². The molecule has 0 saturated carbocycles. The van der Waals surface area contributed by atoms with E-state index in [2.05, 4.69) is 67.3 Å². The SMILES string of the molecule is CCCCC(CC)C(CCC)C1CC(=O)N(CCC(=O)N[C@H](C(=O)N[C@@H](C)C(=O)Nc2ccc(COC(=O)N3CCC[C@@H]3C(=O)N[C@H]3[C@H](CO)O[C@H](Nc4ncnc5nc[nH]c45)C(=O)[C@@H]3O)cc2)C(C)C)C1=O. The lowest BCUT2D eigenvalue weighted by molar-refractivity contribution is -0.165. The van der Waals surface area contributed by atoms with Crippen LogP contribution in [0.4, 0.5) is 16.3 Å². The summed E-state index contributed by atoms with van der Waals surface area (Å²) in [6.07, 6.45) is 3.96. The van der Waals surface area contributed by atoms with Crippen LogP contribution in [0.25, 0.3) is 11.2 Å². The van der Waals surface area contributed by atoms with E-state index < -0.39 is 90.6 Å². The van der Waals surface area contributed by atoms with Gasteiger partial charge < -0.3 is 51.3 Å². The average Bonchev–Trinajstić information content (AvgIpc) is 4.14. The average molecular weight is 1020 g/mol. The van der Waals surface area contributed by atoms with E-state index in [1.807, 2.05) is 0 Å². The molecule has 398 valence electrons. The van der Waals surface area contributed by atoms with Crippen LogP contribution < -0.4 is 26.6 Å². The molecule has 5 heterocycles. The molecule has 23 nitrogen and oxygen atoms in total. The van der Waals surface area contributed by atoms with Gasteiger partial charge in [-0.05, 0) is 61.6 Å². The third-order valence-corrected chi connectivity index (χ3v) is 14.0. The summed E-state index contributed by atoms with van der Waals surface area (Å²) in [5, 5.41) is 34.6. The number of ether oxygens (including phenoxy) is 2. The Kier molecular flexibility index (Phi) is 19.7. The predicted octanol–water partition coefficient (Wildman–Crippen LogP) is 2.68. The number of imide groups is 1. The number of anilines is 2. The minimum absolute atomic E-state index is 0.0830. The van der Waals surface area contributed by atoms with Gasteiger partial charge in [0, 0.05) is 31.6 Å². The number of nitrogens with zero attached hydrogens (tertiary/aromatic N) is 5. The van der Waals surface area contributed by atoms with Crippen molar-refractivity contribution in [2.24, 2.45) is 23.7 Å². The molecule has 1 aromatic carbocycles. The number of amides is 7. The first-order valence-corrected chi connectivity index (χ1v) is 25.5. The molecule has 73 heavy (non-hydrogen) atoms. The Hall–Kier alpha value is -6.59. The highest BCUT2D eigenvalue weighted by Gasteiger charge is 2.47. The number of aromatic amines is 1. The third-order valence-electron chi connectivity index (χ3n) is 14.0. The molecule has 3 unspecified atom stereocenters. The predicted molar refractivity (Wildman–Crippen MR) is 265 cm³/mol. The van der Waals surface area contributed by atoms with Crippen LogP contribution in [0.1, 0.15) is 111 Å². The van der Waals surface area contributed by atoms with Gasteiger partial charge in [0.1, 0.15) is 48.8 Å². The molecule has 7 amide bonds. The Balaban J connectivity index is 0.936. The van der Waals surface area contributed by atoms with Crippen LogP contribution in [0.2, 0.25) is 0 Å². The van der Waals surface area contributed by atoms with E-state index >= 15 is 0 Å². The summed E-state index contributed by atoms with van der Waals surface area (Å²) >= 11 is 0. The fraction of sp³-hybridized carbons (Fsp3) is 0.620. The van der Waals surface area contributed by atoms with Crippen molar-refractivity contribution in [2.75, 3.05) is 30.3 Å². The molecule has 23 heteroatoms. The fourth-order valence-corrected chi connectivity index (χ4v) is 9.90. The molecule has 0 radical (unpaired) electrons. The molecule has 3 fully saturated rings. The Labute approximate surface area is 424 Å². The second-order valence-corrected chi connectivity index (χ2v) is 19.4. The summed E-state index contributed by atoms with van der Waals surface area (Å²) in [6, 6.07) is 2.04. The van der Waals surface area contributed by atoms with E-state index in [0.29, 0.717) is 34.8 Å². The number of nitrogens with one attached hydrogen (secondary N) is 6. The highest BCUT2D eigenvalue weighted by atomic mass is 16.6. The van der Waals surface area contributed by atoms with Gasteiger partial charge in [-0.15, -0.1) is 0 Å². The number of aliphatic hydroxyl groups is 2. The van der Waals surface area contributed by atoms with Crippen molar-refractivity contribution in [1.82, 2.24) is 45.7 Å². The number of unbranched alkanes of at least 4 members (excludes halogenated alkanes) is 1. The second-order valence-electron chi connectivity index (χ2n) is 19.4. The minimum Gasteiger partial charge on any atom is -0.445 e. The smallest absolute Gasteiger partial charge is 0.410 e. The number of carbonyl (C=O) groups excluding carboxylic acids is 8. The molecule has 0 bridgehead atoms. The number of H-pyrrole nitrogens is 1. The Morgan fingerprint density at radius 1 is 0.959 bits per heavy atom. The normalized spacial score (nSPS) is 22.7.